The molecular formula is C19H23N3O. The Balaban J connectivity index is 1.61. The Labute approximate surface area is 137 Å². The van der Waals surface area contributed by atoms with Crippen molar-refractivity contribution in [3.05, 3.63) is 42.1 Å². The van der Waals surface area contributed by atoms with Crippen molar-refractivity contribution in [1.82, 2.24) is 14.8 Å². The van der Waals surface area contributed by atoms with Crippen LogP contribution >= 0.6 is 0 Å². The molecule has 0 spiro atoms. The van der Waals surface area contributed by atoms with Gasteiger partial charge >= 0.3 is 0 Å². The molecule has 2 aromatic rings. The van der Waals surface area contributed by atoms with E-state index in [9.17, 15) is 4.79 Å². The van der Waals surface area contributed by atoms with E-state index in [4.69, 9.17) is 0 Å². The molecule has 0 aliphatic carbocycles. The first-order valence-corrected chi connectivity index (χ1v) is 8.61. The van der Waals surface area contributed by atoms with E-state index in [1.54, 1.807) is 0 Å². The number of likely N-dealkylation sites (N-methyl/N-ethyl adjacent to an activating group) is 1. The van der Waals surface area contributed by atoms with E-state index in [0.29, 0.717) is 17.8 Å². The van der Waals surface area contributed by atoms with E-state index in [-0.39, 0.29) is 5.91 Å². The predicted octanol–water partition coefficient (Wildman–Crippen LogP) is 2.93. The van der Waals surface area contributed by atoms with Crippen LogP contribution in [0.3, 0.4) is 0 Å². The summed E-state index contributed by atoms with van der Waals surface area (Å²) in [6.07, 6.45) is 4.67. The minimum atomic E-state index is 0.0959. The Bertz CT molecular complexity index is 729. The number of carbonyl (C=O) groups is 1. The number of likely N-dealkylation sites (tertiary alicyclic amines) is 2. The second-order valence-corrected chi connectivity index (χ2v) is 6.79. The summed E-state index contributed by atoms with van der Waals surface area (Å²) >= 11 is 0. The van der Waals surface area contributed by atoms with Crippen LogP contribution in [-0.4, -0.2) is 52.9 Å². The topological polar surface area (TPSA) is 36.4 Å². The van der Waals surface area contributed by atoms with Crippen molar-refractivity contribution < 1.29 is 4.79 Å². The number of amides is 1. The van der Waals surface area contributed by atoms with Gasteiger partial charge in [0.05, 0.1) is 5.52 Å². The summed E-state index contributed by atoms with van der Waals surface area (Å²) in [6, 6.07) is 12.7. The van der Waals surface area contributed by atoms with Crippen molar-refractivity contribution in [2.75, 3.05) is 20.1 Å². The third-order valence-corrected chi connectivity index (χ3v) is 5.40. The van der Waals surface area contributed by atoms with Gasteiger partial charge in [-0.15, -0.1) is 0 Å². The second kappa shape index (κ2) is 5.93. The smallest absolute Gasteiger partial charge is 0.272 e. The number of para-hydroxylation sites is 1. The van der Waals surface area contributed by atoms with E-state index in [1.807, 2.05) is 36.4 Å². The first kappa shape index (κ1) is 14.6. The zero-order valence-corrected chi connectivity index (χ0v) is 13.6. The molecule has 23 heavy (non-hydrogen) atoms. The Hall–Kier alpha value is -1.94. The third-order valence-electron chi connectivity index (χ3n) is 5.40. The van der Waals surface area contributed by atoms with Gasteiger partial charge in [-0.2, -0.15) is 0 Å². The van der Waals surface area contributed by atoms with Crippen LogP contribution in [0.2, 0.25) is 0 Å². The quantitative estimate of drug-likeness (QED) is 0.856. The summed E-state index contributed by atoms with van der Waals surface area (Å²) in [5, 5.41) is 1.08. The normalized spacial score (nSPS) is 25.3. The van der Waals surface area contributed by atoms with Crippen LogP contribution in [0.5, 0.6) is 0 Å². The van der Waals surface area contributed by atoms with Gasteiger partial charge in [0.15, 0.2) is 0 Å². The highest BCUT2D eigenvalue weighted by Gasteiger charge is 2.38. The van der Waals surface area contributed by atoms with Gasteiger partial charge in [-0.1, -0.05) is 24.3 Å². The van der Waals surface area contributed by atoms with Crippen molar-refractivity contribution in [2.24, 2.45) is 0 Å². The fraction of sp³-hybridized carbons (Fsp3) is 0.474. The largest absolute Gasteiger partial charge is 0.333 e. The first-order valence-electron chi connectivity index (χ1n) is 8.61. The summed E-state index contributed by atoms with van der Waals surface area (Å²) in [4.78, 5) is 22.1. The molecule has 2 saturated heterocycles. The summed E-state index contributed by atoms with van der Waals surface area (Å²) in [5.74, 6) is 0.0959. The number of aromatic nitrogens is 1. The van der Waals surface area contributed by atoms with Crippen LogP contribution < -0.4 is 0 Å². The maximum absolute atomic E-state index is 13.0. The maximum atomic E-state index is 13.0. The summed E-state index contributed by atoms with van der Waals surface area (Å²) < 4.78 is 0. The molecule has 4 heteroatoms. The Morgan fingerprint density at radius 2 is 1.83 bits per heavy atom. The van der Waals surface area contributed by atoms with Gasteiger partial charge in [0.2, 0.25) is 0 Å². The van der Waals surface area contributed by atoms with Crippen molar-refractivity contribution in [3.63, 3.8) is 0 Å². The molecule has 1 aromatic carbocycles. The van der Waals surface area contributed by atoms with Crippen LogP contribution in [0.1, 0.15) is 36.2 Å². The molecule has 2 aliphatic rings. The lowest BCUT2D eigenvalue weighted by Crippen LogP contribution is -2.47. The monoisotopic (exact) mass is 309 g/mol. The molecule has 0 saturated carbocycles. The zero-order chi connectivity index (χ0) is 15.8. The first-order chi connectivity index (χ1) is 11.2. The molecule has 120 valence electrons. The van der Waals surface area contributed by atoms with E-state index in [1.165, 1.54) is 12.8 Å². The maximum Gasteiger partial charge on any atom is 0.272 e. The molecule has 2 atom stereocenters. The third kappa shape index (κ3) is 2.61. The molecule has 0 N–H and O–H groups in total. The van der Waals surface area contributed by atoms with Gasteiger partial charge in [-0.25, -0.2) is 4.98 Å². The number of hydrogen-bond acceptors (Lipinski definition) is 3. The average molecular weight is 309 g/mol. The van der Waals surface area contributed by atoms with Crippen molar-refractivity contribution in [3.8, 4) is 0 Å². The van der Waals surface area contributed by atoms with Gasteiger partial charge < -0.3 is 9.80 Å². The van der Waals surface area contributed by atoms with Crippen LogP contribution in [-0.2, 0) is 0 Å². The van der Waals surface area contributed by atoms with Crippen molar-refractivity contribution in [1.29, 1.82) is 0 Å². The van der Waals surface area contributed by atoms with Crippen molar-refractivity contribution in [2.45, 2.75) is 37.8 Å². The lowest BCUT2D eigenvalue weighted by molar-refractivity contribution is 0.0659. The number of carbonyl (C=O) groups excluding carboxylic acids is 1. The Kier molecular flexibility index (Phi) is 3.77. The van der Waals surface area contributed by atoms with E-state index < -0.39 is 0 Å². The Morgan fingerprint density at radius 1 is 1.04 bits per heavy atom. The highest BCUT2D eigenvalue weighted by atomic mass is 16.2. The summed E-state index contributed by atoms with van der Waals surface area (Å²) in [5.41, 5.74) is 1.48. The molecule has 1 amide bonds. The standard InChI is InChI=1S/C19H23N3O/c1-21-12-4-8-17(21)18-9-5-13-22(18)19(23)16-11-10-14-6-2-3-7-15(14)20-16/h2-3,6-7,10-11,17-18H,4-5,8-9,12-13H2,1H3/t17-,18-/m1/s1. The number of nitrogens with zero attached hydrogens (tertiary/aromatic N) is 3. The Morgan fingerprint density at radius 3 is 2.65 bits per heavy atom. The average Bonchev–Trinajstić information content (AvgIpc) is 3.22. The van der Waals surface area contributed by atoms with Gasteiger partial charge in [0, 0.05) is 24.0 Å². The molecule has 0 bridgehead atoms. The lowest BCUT2D eigenvalue weighted by atomic mass is 10.0. The van der Waals surface area contributed by atoms with Crippen molar-refractivity contribution >= 4 is 16.8 Å². The van der Waals surface area contributed by atoms with Gasteiger partial charge in [0.25, 0.3) is 5.91 Å². The van der Waals surface area contributed by atoms with E-state index >= 15 is 0 Å². The van der Waals surface area contributed by atoms with Gasteiger partial charge in [-0.3, -0.25) is 4.79 Å². The lowest BCUT2D eigenvalue weighted by Gasteiger charge is -2.33. The molecule has 3 heterocycles. The minimum Gasteiger partial charge on any atom is -0.333 e. The molecule has 2 aliphatic heterocycles. The number of fused-ring (bicyclic) bond motifs is 1. The number of hydrogen-bond donors (Lipinski definition) is 0. The fourth-order valence-corrected chi connectivity index (χ4v) is 4.20. The molecule has 0 radical (unpaired) electrons. The molecular weight excluding hydrogens is 286 g/mol. The minimum absolute atomic E-state index is 0.0959. The summed E-state index contributed by atoms with van der Waals surface area (Å²) in [7, 11) is 2.19. The van der Waals surface area contributed by atoms with E-state index in [2.05, 4.69) is 21.8 Å². The van der Waals surface area contributed by atoms with Crippen LogP contribution in [0, 0.1) is 0 Å². The van der Waals surface area contributed by atoms with Crippen LogP contribution in [0.15, 0.2) is 36.4 Å². The molecule has 4 rings (SSSR count). The zero-order valence-electron chi connectivity index (χ0n) is 13.6. The second-order valence-electron chi connectivity index (χ2n) is 6.79. The number of rotatable bonds is 2. The molecule has 2 fully saturated rings. The highest BCUT2D eigenvalue weighted by molar-refractivity contribution is 5.95. The fourth-order valence-electron chi connectivity index (χ4n) is 4.20. The summed E-state index contributed by atoms with van der Waals surface area (Å²) in [6.45, 7) is 2.01. The predicted molar refractivity (Wildman–Crippen MR) is 91.5 cm³/mol. The van der Waals surface area contributed by atoms with Gasteiger partial charge in [-0.05, 0) is 51.4 Å². The highest BCUT2D eigenvalue weighted by Crippen LogP contribution is 2.30. The number of benzene rings is 1. The van der Waals surface area contributed by atoms with Gasteiger partial charge in [0.1, 0.15) is 5.69 Å². The van der Waals surface area contributed by atoms with E-state index in [0.717, 1.165) is 36.8 Å². The molecule has 4 nitrogen and oxygen atoms in total. The van der Waals surface area contributed by atoms with Crippen LogP contribution in [0.4, 0.5) is 0 Å². The van der Waals surface area contributed by atoms with Crippen LogP contribution in [0.25, 0.3) is 10.9 Å². The number of pyridine rings is 1. The SMILES string of the molecule is CN1CCC[C@@H]1[C@H]1CCCN1C(=O)c1ccc2ccccc2n1. The molecule has 0 unspecified atom stereocenters. The molecule has 1 aromatic heterocycles.